The lowest BCUT2D eigenvalue weighted by molar-refractivity contribution is -0.137. The molecule has 5 N–H and O–H groups in total. The molecule has 0 aromatic rings. The number of hydrogen-bond donors (Lipinski definition) is 3. The van der Waals surface area contributed by atoms with E-state index in [2.05, 4.69) is 6.92 Å². The maximum atomic E-state index is 10.3. The molecule has 4 nitrogen and oxygen atoms in total. The molecule has 0 aromatic heterocycles. The first-order chi connectivity index (χ1) is 9.68. The van der Waals surface area contributed by atoms with E-state index in [1.165, 1.54) is 57.8 Å². The van der Waals surface area contributed by atoms with Gasteiger partial charge in [-0.1, -0.05) is 71.1 Å². The molecule has 0 atom stereocenters. The zero-order valence-electron chi connectivity index (χ0n) is 13.4. The van der Waals surface area contributed by atoms with E-state index >= 15 is 0 Å². The van der Waals surface area contributed by atoms with Crippen LogP contribution in [0.1, 0.15) is 84.0 Å². The Morgan fingerprint density at radius 3 is 1.40 bits per heavy atom. The van der Waals surface area contributed by atoms with Gasteiger partial charge in [0.05, 0.1) is 0 Å². The third kappa shape index (κ3) is 26.1. The molecule has 0 saturated carbocycles. The number of carboxylic acid groups (broad SMARTS) is 1. The first-order valence-electron chi connectivity index (χ1n) is 8.30. The minimum absolute atomic E-state index is 0.344. The average molecular weight is 288 g/mol. The number of unbranched alkanes of at least 4 members (excludes halogenated alkanes) is 10. The highest BCUT2D eigenvalue weighted by molar-refractivity contribution is 5.66. The summed E-state index contributed by atoms with van der Waals surface area (Å²) < 4.78 is 0. The van der Waals surface area contributed by atoms with Crippen LogP contribution < -0.4 is 11.5 Å². The molecule has 0 radical (unpaired) electrons. The highest BCUT2D eigenvalue weighted by Gasteiger charge is 1.96. The Bertz CT molecular complexity index is 185. The molecule has 20 heavy (non-hydrogen) atoms. The van der Waals surface area contributed by atoms with Crippen molar-refractivity contribution in [1.29, 1.82) is 0 Å². The van der Waals surface area contributed by atoms with Gasteiger partial charge in [0.15, 0.2) is 0 Å². The number of carboxylic acids is 1. The van der Waals surface area contributed by atoms with Crippen LogP contribution >= 0.6 is 0 Å². The molecule has 0 aliphatic rings. The Kier molecular flexibility index (Phi) is 22.4. The van der Waals surface area contributed by atoms with E-state index in [0.717, 1.165) is 12.8 Å². The lowest BCUT2D eigenvalue weighted by atomic mass is 10.1. The van der Waals surface area contributed by atoms with E-state index in [1.54, 1.807) is 0 Å². The van der Waals surface area contributed by atoms with Crippen LogP contribution in [0.5, 0.6) is 0 Å². The molecule has 0 aliphatic heterocycles. The molecule has 4 heteroatoms. The lowest BCUT2D eigenvalue weighted by Gasteiger charge is -2.01. The largest absolute Gasteiger partial charge is 0.481 e. The second-order valence-corrected chi connectivity index (χ2v) is 5.26. The van der Waals surface area contributed by atoms with Gasteiger partial charge in [0.2, 0.25) is 0 Å². The van der Waals surface area contributed by atoms with Gasteiger partial charge in [-0.05, 0) is 6.42 Å². The second kappa shape index (κ2) is 20.7. The van der Waals surface area contributed by atoms with Crippen LogP contribution in [0.2, 0.25) is 0 Å². The first kappa shape index (κ1) is 21.7. The second-order valence-electron chi connectivity index (χ2n) is 5.26. The fourth-order valence-corrected chi connectivity index (χ4v) is 1.94. The number of hydrogen-bond acceptors (Lipinski definition) is 3. The van der Waals surface area contributed by atoms with Crippen LogP contribution in [0.15, 0.2) is 0 Å². The Hall–Kier alpha value is -0.610. The van der Waals surface area contributed by atoms with Crippen molar-refractivity contribution in [2.75, 3.05) is 13.1 Å². The first-order valence-corrected chi connectivity index (χ1v) is 8.30. The van der Waals surface area contributed by atoms with Crippen LogP contribution in [-0.2, 0) is 4.79 Å². The van der Waals surface area contributed by atoms with E-state index in [9.17, 15) is 4.79 Å². The quantitative estimate of drug-likeness (QED) is 0.451. The minimum Gasteiger partial charge on any atom is -0.481 e. The average Bonchev–Trinajstić information content (AvgIpc) is 2.44. The van der Waals surface area contributed by atoms with Crippen molar-refractivity contribution in [2.24, 2.45) is 11.5 Å². The minimum atomic E-state index is -0.657. The highest BCUT2D eigenvalue weighted by atomic mass is 16.4. The molecule has 0 bridgehead atoms. The van der Waals surface area contributed by atoms with Crippen molar-refractivity contribution in [3.63, 3.8) is 0 Å². The zero-order valence-corrected chi connectivity index (χ0v) is 13.4. The third-order valence-corrected chi connectivity index (χ3v) is 3.16. The topological polar surface area (TPSA) is 89.3 Å². The number of nitrogens with two attached hydrogens (primary N) is 2. The number of carbonyl (C=O) groups is 1. The molecular formula is C16H36N2O2. The maximum Gasteiger partial charge on any atom is 0.303 e. The fraction of sp³-hybridized carbons (Fsp3) is 0.938. The summed E-state index contributed by atoms with van der Waals surface area (Å²) in [4.78, 5) is 10.3. The Labute approximate surface area is 125 Å². The van der Waals surface area contributed by atoms with Gasteiger partial charge >= 0.3 is 5.97 Å². The van der Waals surface area contributed by atoms with E-state index in [-0.39, 0.29) is 0 Å². The fourth-order valence-electron chi connectivity index (χ4n) is 1.94. The number of rotatable bonds is 13. The van der Waals surface area contributed by atoms with Gasteiger partial charge in [-0.25, -0.2) is 0 Å². The van der Waals surface area contributed by atoms with Gasteiger partial charge in [-0.3, -0.25) is 4.79 Å². The van der Waals surface area contributed by atoms with Crippen LogP contribution in [0.25, 0.3) is 0 Å². The highest BCUT2D eigenvalue weighted by Crippen LogP contribution is 2.11. The van der Waals surface area contributed by atoms with Crippen LogP contribution in [-0.4, -0.2) is 24.2 Å². The monoisotopic (exact) mass is 288 g/mol. The zero-order chi connectivity index (χ0) is 15.5. The Morgan fingerprint density at radius 1 is 0.750 bits per heavy atom. The third-order valence-electron chi connectivity index (χ3n) is 3.16. The van der Waals surface area contributed by atoms with Crippen LogP contribution in [0.3, 0.4) is 0 Å². The van der Waals surface area contributed by atoms with E-state index < -0.39 is 5.97 Å². The molecule has 0 saturated heterocycles. The summed E-state index contributed by atoms with van der Waals surface area (Å²) in [6.45, 7) is 3.44. The smallest absolute Gasteiger partial charge is 0.303 e. The summed E-state index contributed by atoms with van der Waals surface area (Å²) in [6, 6.07) is 0. The summed E-state index contributed by atoms with van der Waals surface area (Å²) in [5, 5.41) is 8.46. The van der Waals surface area contributed by atoms with Gasteiger partial charge in [-0.2, -0.15) is 0 Å². The molecule has 122 valence electrons. The van der Waals surface area contributed by atoms with Gasteiger partial charge in [0.1, 0.15) is 0 Å². The Balaban J connectivity index is 0. The molecule has 0 aliphatic carbocycles. The van der Waals surface area contributed by atoms with E-state index in [4.69, 9.17) is 16.6 Å². The summed E-state index contributed by atoms with van der Waals surface area (Å²) in [7, 11) is 0. The molecule has 0 spiro atoms. The van der Waals surface area contributed by atoms with Crippen molar-refractivity contribution in [3.8, 4) is 0 Å². The molecular weight excluding hydrogens is 252 g/mol. The Morgan fingerprint density at radius 2 is 1.10 bits per heavy atom. The summed E-state index contributed by atoms with van der Waals surface area (Å²) in [6.07, 6.45) is 14.4. The van der Waals surface area contributed by atoms with Crippen molar-refractivity contribution >= 4 is 5.97 Å². The SMILES string of the molecule is CCCCCCCCCCCCCC(=O)O.NCCN. The summed E-state index contributed by atoms with van der Waals surface area (Å²) in [5.74, 6) is -0.657. The normalized spacial score (nSPS) is 9.95. The molecule has 0 rings (SSSR count). The van der Waals surface area contributed by atoms with Crippen molar-refractivity contribution in [1.82, 2.24) is 0 Å². The van der Waals surface area contributed by atoms with Crippen LogP contribution in [0.4, 0.5) is 0 Å². The van der Waals surface area contributed by atoms with Gasteiger partial charge in [0.25, 0.3) is 0 Å². The number of aliphatic carboxylic acids is 1. The molecule has 0 unspecified atom stereocenters. The van der Waals surface area contributed by atoms with Gasteiger partial charge < -0.3 is 16.6 Å². The lowest BCUT2D eigenvalue weighted by Crippen LogP contribution is -2.11. The molecule has 0 fully saturated rings. The summed E-state index contributed by atoms with van der Waals surface area (Å²) in [5.41, 5.74) is 9.81. The summed E-state index contributed by atoms with van der Waals surface area (Å²) >= 11 is 0. The molecule has 0 aromatic carbocycles. The molecule has 0 amide bonds. The van der Waals surface area contributed by atoms with Gasteiger partial charge in [-0.15, -0.1) is 0 Å². The van der Waals surface area contributed by atoms with Crippen molar-refractivity contribution in [3.05, 3.63) is 0 Å². The molecule has 0 heterocycles. The van der Waals surface area contributed by atoms with Gasteiger partial charge in [0, 0.05) is 19.5 Å². The standard InChI is InChI=1S/C14H28O2.C2H8N2/c1-2-3-4-5-6-7-8-9-10-11-12-13-14(15)16;3-1-2-4/h2-13H2,1H3,(H,15,16);1-4H2. The van der Waals surface area contributed by atoms with E-state index in [1.807, 2.05) is 0 Å². The van der Waals surface area contributed by atoms with Crippen molar-refractivity contribution < 1.29 is 9.90 Å². The predicted octanol–water partition coefficient (Wildman–Crippen LogP) is 3.68. The van der Waals surface area contributed by atoms with Crippen LogP contribution in [0, 0.1) is 0 Å². The van der Waals surface area contributed by atoms with Crippen molar-refractivity contribution in [2.45, 2.75) is 84.0 Å². The van der Waals surface area contributed by atoms with E-state index in [0.29, 0.717) is 19.5 Å². The maximum absolute atomic E-state index is 10.3. The predicted molar refractivity (Wildman–Crippen MR) is 86.8 cm³/mol.